The molecule has 20 heteroatoms. The molecule has 0 radical (unpaired) electrons. The average molecular weight is 558 g/mol. The van der Waals surface area contributed by atoms with Gasteiger partial charge in [0.2, 0.25) is 0 Å². The van der Waals surface area contributed by atoms with E-state index in [0.29, 0.717) is 0 Å². The van der Waals surface area contributed by atoms with Gasteiger partial charge in [0.1, 0.15) is 61.0 Å². The fourth-order valence-electron chi connectivity index (χ4n) is 4.57. The van der Waals surface area contributed by atoms with Crippen molar-refractivity contribution in [1.82, 2.24) is 5.43 Å². The molecule has 3 rings (SSSR count). The van der Waals surface area contributed by atoms with E-state index in [0.717, 1.165) is 0 Å². The molecular weight excluding hydrogens is 522 g/mol. The Balaban J connectivity index is 1.88. The van der Waals surface area contributed by atoms with Crippen LogP contribution in [0.15, 0.2) is 5.11 Å². The molecular formula is C18H35N7O13. The highest BCUT2D eigenvalue weighted by Gasteiger charge is 2.58. The number of nitrogens with one attached hydrogen (secondary N) is 1. The molecule has 0 aromatic rings. The van der Waals surface area contributed by atoms with Crippen molar-refractivity contribution in [3.05, 3.63) is 10.4 Å². The summed E-state index contributed by atoms with van der Waals surface area (Å²) in [7, 11) is 0. The van der Waals surface area contributed by atoms with Crippen molar-refractivity contribution in [1.29, 1.82) is 0 Å². The molecule has 0 aromatic carbocycles. The minimum atomic E-state index is -2.60. The van der Waals surface area contributed by atoms with Gasteiger partial charge in [-0.1, -0.05) is 0 Å². The number of rotatable bonds is 9. The molecule has 2 unspecified atom stereocenters. The molecule has 3 aliphatic rings. The zero-order valence-electron chi connectivity index (χ0n) is 19.9. The lowest BCUT2D eigenvalue weighted by Crippen LogP contribution is -2.73. The third-order valence-corrected chi connectivity index (χ3v) is 6.77. The van der Waals surface area contributed by atoms with E-state index in [4.69, 9.17) is 46.5 Å². The van der Waals surface area contributed by atoms with Crippen LogP contribution in [0.2, 0.25) is 0 Å². The first-order valence-corrected chi connectivity index (χ1v) is 11.6. The number of nitrogens with zero attached hydrogens (tertiary/aromatic N) is 3. The van der Waals surface area contributed by atoms with Crippen LogP contribution in [0.4, 0.5) is 0 Å². The topological polar surface area (TPSA) is 347 Å². The maximum absolute atomic E-state index is 11.1. The van der Waals surface area contributed by atoms with Crippen LogP contribution in [0, 0.1) is 0 Å². The minimum Gasteiger partial charge on any atom is -0.394 e. The Morgan fingerprint density at radius 1 is 0.868 bits per heavy atom. The van der Waals surface area contributed by atoms with Gasteiger partial charge >= 0.3 is 0 Å². The number of aliphatic hydroxyl groups excluding tert-OH is 8. The van der Waals surface area contributed by atoms with Crippen LogP contribution in [-0.4, -0.2) is 152 Å². The van der Waals surface area contributed by atoms with Gasteiger partial charge in [-0.2, -0.15) is 0 Å². The molecule has 0 saturated carbocycles. The second kappa shape index (κ2) is 12.9. The van der Waals surface area contributed by atoms with Crippen LogP contribution >= 0.6 is 0 Å². The number of hydrogen-bond donors (Lipinski definition) is 12. The Labute approximate surface area is 215 Å². The van der Waals surface area contributed by atoms with E-state index in [1.54, 1.807) is 0 Å². The van der Waals surface area contributed by atoms with Crippen molar-refractivity contribution in [3.8, 4) is 0 Å². The second-order valence-electron chi connectivity index (χ2n) is 9.07. The second-order valence-corrected chi connectivity index (χ2v) is 9.07. The van der Waals surface area contributed by atoms with Gasteiger partial charge in [-0.25, -0.2) is 5.43 Å². The summed E-state index contributed by atoms with van der Waals surface area (Å²) < 4.78 is 27.7. The molecule has 220 valence electrons. The molecule has 15 atom stereocenters. The maximum Gasteiger partial charge on any atom is 0.268 e. The van der Waals surface area contributed by atoms with Gasteiger partial charge in [-0.05, 0) is 10.6 Å². The quantitative estimate of drug-likeness (QED) is 0.0411. The molecule has 20 nitrogen and oxygen atoms in total. The third-order valence-electron chi connectivity index (χ3n) is 6.77. The number of ether oxygens (including phenoxy) is 5. The molecule has 0 bridgehead atoms. The van der Waals surface area contributed by atoms with Gasteiger partial charge in [0.15, 0.2) is 12.6 Å². The first-order valence-electron chi connectivity index (χ1n) is 11.6. The lowest BCUT2D eigenvalue weighted by molar-refractivity contribution is -0.381. The smallest absolute Gasteiger partial charge is 0.268 e. The Morgan fingerprint density at radius 3 is 2.03 bits per heavy atom. The van der Waals surface area contributed by atoms with Crippen molar-refractivity contribution in [2.24, 2.45) is 22.4 Å². The molecule has 0 aromatic heterocycles. The first-order chi connectivity index (χ1) is 18.0. The van der Waals surface area contributed by atoms with Crippen molar-refractivity contribution in [2.75, 3.05) is 19.8 Å². The van der Waals surface area contributed by atoms with E-state index >= 15 is 0 Å². The minimum absolute atomic E-state index is 0.708. The zero-order chi connectivity index (χ0) is 28.4. The zero-order valence-corrected chi connectivity index (χ0v) is 19.9. The summed E-state index contributed by atoms with van der Waals surface area (Å²) >= 11 is 0. The van der Waals surface area contributed by atoms with Gasteiger partial charge in [-0.3, -0.25) is 5.84 Å². The van der Waals surface area contributed by atoms with E-state index in [1.807, 2.05) is 0 Å². The molecule has 3 heterocycles. The number of hydrazine groups is 1. The summed E-state index contributed by atoms with van der Waals surface area (Å²) in [6.07, 6.45) is -17.3. The van der Waals surface area contributed by atoms with Crippen LogP contribution in [0.3, 0.4) is 0 Å². The lowest BCUT2D eigenvalue weighted by Gasteiger charge is -2.51. The number of aliphatic hydroxyl groups is 8. The monoisotopic (exact) mass is 557 g/mol. The lowest BCUT2D eigenvalue weighted by atomic mass is 9.93. The molecule has 38 heavy (non-hydrogen) atoms. The Hall–Kier alpha value is -1.37. The Morgan fingerprint density at radius 2 is 1.47 bits per heavy atom. The SMILES string of the molecule is [N-]=[N+]=N[C@]1(OC2[C@@H](CO)O[C@@H](OC3[C@@H](CO)O[C@@H](O)[C@H](N)[C@H]3O)[C@H](NN)[C@H]2O)O[C@H](CO)[C@@H](O)[C@H](O)[C@H]1N. The standard InChI is InChI=1S/C18H35N7O13/c19-7-10(30)13(5(2-27)34-16(7)33)36-17-8(23-21)11(31)14(6(3-28)35-17)38-18(24-25-22)15(20)12(32)9(29)4(1-26)37-18/h4-17,23,26-33H,1-3,19-21H2/t4-,5-,6-,7-,8-,9-,10-,11-,12+,13?,14?,15-,16-,17+,18+/m1/s1. The highest BCUT2D eigenvalue weighted by Crippen LogP contribution is 2.37. The third kappa shape index (κ3) is 5.74. The van der Waals surface area contributed by atoms with Crippen LogP contribution in [-0.2, 0) is 23.7 Å². The summed E-state index contributed by atoms with van der Waals surface area (Å²) in [5.41, 5.74) is 23.0. The summed E-state index contributed by atoms with van der Waals surface area (Å²) in [6.45, 7) is -2.40. The fourth-order valence-corrected chi connectivity index (χ4v) is 4.57. The van der Waals surface area contributed by atoms with Gasteiger partial charge in [0, 0.05) is 4.91 Å². The summed E-state index contributed by atoms with van der Waals surface area (Å²) in [6, 6.07) is -4.47. The van der Waals surface area contributed by atoms with Crippen LogP contribution in [0.5, 0.6) is 0 Å². The van der Waals surface area contributed by atoms with E-state index < -0.39 is 111 Å². The van der Waals surface area contributed by atoms with E-state index in [1.165, 1.54) is 0 Å². The molecule has 3 aliphatic heterocycles. The van der Waals surface area contributed by atoms with Gasteiger partial charge in [-0.15, -0.1) is 0 Å². The number of azide groups is 1. The molecule has 3 saturated heterocycles. The Kier molecular flexibility index (Phi) is 10.6. The van der Waals surface area contributed by atoms with Crippen LogP contribution < -0.4 is 22.7 Å². The summed E-state index contributed by atoms with van der Waals surface area (Å²) in [4.78, 5) is 2.60. The van der Waals surface area contributed by atoms with Gasteiger partial charge in [0.25, 0.3) is 5.91 Å². The van der Waals surface area contributed by atoms with Crippen molar-refractivity contribution < 1.29 is 64.5 Å². The van der Waals surface area contributed by atoms with Crippen molar-refractivity contribution >= 4 is 0 Å². The first kappa shape index (κ1) is 31.2. The molecule has 0 aliphatic carbocycles. The average Bonchev–Trinajstić information content (AvgIpc) is 2.91. The maximum atomic E-state index is 11.1. The highest BCUT2D eigenvalue weighted by atomic mass is 16.8. The normalized spacial score (nSPS) is 49.9. The summed E-state index contributed by atoms with van der Waals surface area (Å²) in [5, 5.41) is 84.4. The van der Waals surface area contributed by atoms with Crippen LogP contribution in [0.25, 0.3) is 10.4 Å². The van der Waals surface area contributed by atoms with Gasteiger partial charge in [0.05, 0.1) is 31.9 Å². The number of nitrogens with two attached hydrogens (primary N) is 3. The largest absolute Gasteiger partial charge is 0.394 e. The van der Waals surface area contributed by atoms with Crippen molar-refractivity contribution in [2.45, 2.75) is 91.6 Å². The molecule has 0 spiro atoms. The van der Waals surface area contributed by atoms with E-state index in [9.17, 15) is 40.9 Å². The predicted molar refractivity (Wildman–Crippen MR) is 118 cm³/mol. The highest BCUT2D eigenvalue weighted by molar-refractivity contribution is 5.02. The van der Waals surface area contributed by atoms with Crippen molar-refractivity contribution in [3.63, 3.8) is 0 Å². The molecule has 3 fully saturated rings. The molecule has 15 N–H and O–H groups in total. The van der Waals surface area contributed by atoms with Crippen LogP contribution in [0.1, 0.15) is 0 Å². The fraction of sp³-hybridized carbons (Fsp3) is 1.00. The number of hydrogen-bond acceptors (Lipinski definition) is 18. The molecule has 0 amide bonds. The van der Waals surface area contributed by atoms with E-state index in [2.05, 4.69) is 15.5 Å². The summed E-state index contributed by atoms with van der Waals surface area (Å²) in [5.74, 6) is 2.98. The Bertz CT molecular complexity index is 826. The predicted octanol–water partition coefficient (Wildman–Crippen LogP) is -7.53. The van der Waals surface area contributed by atoms with E-state index in [-0.39, 0.29) is 0 Å². The van der Waals surface area contributed by atoms with Gasteiger partial charge < -0.3 is 76.0 Å².